The summed E-state index contributed by atoms with van der Waals surface area (Å²) in [7, 11) is 1.48. The summed E-state index contributed by atoms with van der Waals surface area (Å²) in [6.45, 7) is 10.0. The van der Waals surface area contributed by atoms with Crippen LogP contribution in [0.3, 0.4) is 0 Å². The Morgan fingerprint density at radius 2 is 1.71 bits per heavy atom. The van der Waals surface area contributed by atoms with Crippen LogP contribution in [0.15, 0.2) is 30.3 Å². The van der Waals surface area contributed by atoms with Gasteiger partial charge in [-0.05, 0) is 72.1 Å². The second kappa shape index (κ2) is 10.3. The summed E-state index contributed by atoms with van der Waals surface area (Å²) in [4.78, 5) is 11.1. The number of aliphatic hydroxyl groups excluding tert-OH is 1. The van der Waals surface area contributed by atoms with E-state index < -0.39 is 18.5 Å². The number of hydrogen-bond acceptors (Lipinski definition) is 6. The SMILES string of the molecule is CCOC(OC)Oc1cc2c(cc1C(O)C#Cc1ccc(C(=O)O)c(O)c1)C(C)(C)CCC2(C)C. The van der Waals surface area contributed by atoms with Crippen molar-refractivity contribution in [2.45, 2.75) is 70.9 Å². The highest BCUT2D eigenvalue weighted by Gasteiger charge is 2.38. The number of fused-ring (bicyclic) bond motifs is 1. The lowest BCUT2D eigenvalue weighted by Gasteiger charge is -2.42. The molecule has 7 heteroatoms. The number of hydrogen-bond donors (Lipinski definition) is 3. The van der Waals surface area contributed by atoms with Gasteiger partial charge in [-0.1, -0.05) is 39.5 Å². The number of ether oxygens (including phenoxy) is 3. The van der Waals surface area contributed by atoms with Gasteiger partial charge in [0.1, 0.15) is 23.2 Å². The molecule has 0 aromatic heterocycles. The molecule has 7 nitrogen and oxygen atoms in total. The minimum atomic E-state index is -1.23. The topological polar surface area (TPSA) is 105 Å². The van der Waals surface area contributed by atoms with Crippen LogP contribution in [0.4, 0.5) is 0 Å². The van der Waals surface area contributed by atoms with Crippen LogP contribution >= 0.6 is 0 Å². The molecule has 2 atom stereocenters. The summed E-state index contributed by atoms with van der Waals surface area (Å²) < 4.78 is 16.8. The van der Waals surface area contributed by atoms with Crippen molar-refractivity contribution in [3.05, 3.63) is 58.1 Å². The molecular weight excluding hydrogens is 448 g/mol. The standard InChI is InChI=1S/C28H34O7/c1-7-34-26(33-6)35-24-16-21-20(27(2,3)12-13-28(21,4)5)15-19(24)22(29)11-9-17-8-10-18(25(31)32)23(30)14-17/h8,10,14-16,22,26,29-30H,7,12-13H2,1-6H3,(H,31,32). The third-order valence-corrected chi connectivity index (χ3v) is 6.58. The van der Waals surface area contributed by atoms with Crippen molar-refractivity contribution in [2.24, 2.45) is 0 Å². The number of methoxy groups -OCH3 is 1. The number of benzene rings is 2. The zero-order chi connectivity index (χ0) is 26.0. The molecule has 35 heavy (non-hydrogen) atoms. The van der Waals surface area contributed by atoms with E-state index in [2.05, 4.69) is 39.5 Å². The van der Waals surface area contributed by atoms with E-state index in [9.17, 15) is 15.0 Å². The molecule has 1 aliphatic rings. The summed E-state index contributed by atoms with van der Waals surface area (Å²) in [5, 5.41) is 30.1. The molecule has 3 N–H and O–H groups in total. The van der Waals surface area contributed by atoms with E-state index in [1.807, 2.05) is 19.1 Å². The van der Waals surface area contributed by atoms with Crippen LogP contribution in [0.1, 0.15) is 86.2 Å². The Labute approximate surface area is 206 Å². The lowest BCUT2D eigenvalue weighted by atomic mass is 9.62. The Balaban J connectivity index is 2.08. The van der Waals surface area contributed by atoms with Gasteiger partial charge in [0.15, 0.2) is 0 Å². The van der Waals surface area contributed by atoms with Gasteiger partial charge < -0.3 is 29.5 Å². The molecule has 0 saturated heterocycles. The molecule has 0 radical (unpaired) electrons. The Hall–Kier alpha value is -3.05. The van der Waals surface area contributed by atoms with Crippen molar-refractivity contribution in [1.29, 1.82) is 0 Å². The number of carbonyl (C=O) groups is 1. The highest BCUT2D eigenvalue weighted by molar-refractivity contribution is 5.90. The van der Waals surface area contributed by atoms with Crippen LogP contribution in [0, 0.1) is 11.8 Å². The number of aliphatic hydroxyl groups is 1. The zero-order valence-electron chi connectivity index (χ0n) is 21.1. The first-order chi connectivity index (χ1) is 16.4. The fourth-order valence-electron chi connectivity index (χ4n) is 4.34. The summed E-state index contributed by atoms with van der Waals surface area (Å²) in [6.07, 6.45) is 0.809. The fourth-order valence-corrected chi connectivity index (χ4v) is 4.34. The Kier molecular flexibility index (Phi) is 7.80. The first-order valence-corrected chi connectivity index (χ1v) is 11.7. The number of phenols is 1. The molecule has 3 rings (SSSR count). The van der Waals surface area contributed by atoms with Crippen LogP contribution < -0.4 is 4.74 Å². The molecule has 0 fully saturated rings. The average Bonchev–Trinajstić information content (AvgIpc) is 2.79. The highest BCUT2D eigenvalue weighted by Crippen LogP contribution is 2.48. The van der Waals surface area contributed by atoms with Gasteiger partial charge in [0, 0.05) is 18.2 Å². The van der Waals surface area contributed by atoms with Crippen LogP contribution in [-0.2, 0) is 20.3 Å². The van der Waals surface area contributed by atoms with E-state index >= 15 is 0 Å². The zero-order valence-corrected chi connectivity index (χ0v) is 21.1. The number of carboxylic acids is 1. The molecule has 188 valence electrons. The van der Waals surface area contributed by atoms with Gasteiger partial charge in [0.25, 0.3) is 0 Å². The minimum Gasteiger partial charge on any atom is -0.507 e. The van der Waals surface area contributed by atoms with E-state index in [4.69, 9.17) is 19.3 Å². The first kappa shape index (κ1) is 26.6. The summed E-state index contributed by atoms with van der Waals surface area (Å²) in [5.41, 5.74) is 2.75. The molecule has 0 saturated carbocycles. The molecule has 0 heterocycles. The van der Waals surface area contributed by atoms with E-state index in [0.717, 1.165) is 24.0 Å². The molecule has 0 bridgehead atoms. The van der Waals surface area contributed by atoms with E-state index in [-0.39, 0.29) is 22.1 Å². The maximum Gasteiger partial charge on any atom is 0.339 e. The number of rotatable bonds is 7. The summed E-state index contributed by atoms with van der Waals surface area (Å²) in [6, 6.07) is 7.92. The molecule has 2 aromatic carbocycles. The van der Waals surface area contributed by atoms with Crippen molar-refractivity contribution in [3.8, 4) is 23.3 Å². The van der Waals surface area contributed by atoms with Crippen molar-refractivity contribution < 1.29 is 34.3 Å². The number of aromatic hydroxyl groups is 1. The highest BCUT2D eigenvalue weighted by atomic mass is 16.8. The van der Waals surface area contributed by atoms with E-state index in [1.54, 1.807) is 0 Å². The number of aromatic carboxylic acids is 1. The van der Waals surface area contributed by atoms with E-state index in [0.29, 0.717) is 23.5 Å². The van der Waals surface area contributed by atoms with Crippen LogP contribution in [0.2, 0.25) is 0 Å². The van der Waals surface area contributed by atoms with Gasteiger partial charge in [-0.3, -0.25) is 0 Å². The minimum absolute atomic E-state index is 0.0737. The monoisotopic (exact) mass is 482 g/mol. The van der Waals surface area contributed by atoms with Gasteiger partial charge in [-0.15, -0.1) is 0 Å². The van der Waals surface area contributed by atoms with Crippen molar-refractivity contribution in [3.63, 3.8) is 0 Å². The predicted molar refractivity (Wildman–Crippen MR) is 132 cm³/mol. The Morgan fingerprint density at radius 1 is 1.09 bits per heavy atom. The molecular formula is C28H34O7. The van der Waals surface area contributed by atoms with E-state index in [1.165, 1.54) is 25.3 Å². The predicted octanol–water partition coefficient (Wildman–Crippen LogP) is 4.87. The van der Waals surface area contributed by atoms with Crippen molar-refractivity contribution in [1.82, 2.24) is 0 Å². The van der Waals surface area contributed by atoms with Gasteiger partial charge >= 0.3 is 12.4 Å². The fraction of sp³-hybridized carbons (Fsp3) is 0.464. The van der Waals surface area contributed by atoms with Crippen LogP contribution in [0.25, 0.3) is 0 Å². The first-order valence-electron chi connectivity index (χ1n) is 11.7. The molecule has 0 aliphatic heterocycles. The molecule has 1 aliphatic carbocycles. The van der Waals surface area contributed by atoms with Crippen LogP contribution in [-0.4, -0.2) is 41.5 Å². The molecule has 2 aromatic rings. The molecule has 2 unspecified atom stereocenters. The quantitative estimate of drug-likeness (QED) is 0.382. The number of carboxylic acid groups (broad SMARTS) is 1. The third kappa shape index (κ3) is 5.79. The second-order valence-electron chi connectivity index (χ2n) is 10.0. The van der Waals surface area contributed by atoms with Crippen molar-refractivity contribution in [2.75, 3.05) is 13.7 Å². The lowest BCUT2D eigenvalue weighted by molar-refractivity contribution is -0.231. The summed E-state index contributed by atoms with van der Waals surface area (Å²) in [5.74, 6) is 4.41. The molecule has 0 amide bonds. The van der Waals surface area contributed by atoms with Gasteiger partial charge in [0.2, 0.25) is 0 Å². The Morgan fingerprint density at radius 3 is 2.26 bits per heavy atom. The second-order valence-corrected chi connectivity index (χ2v) is 10.0. The van der Waals surface area contributed by atoms with Gasteiger partial charge in [-0.2, -0.15) is 0 Å². The van der Waals surface area contributed by atoms with Crippen LogP contribution in [0.5, 0.6) is 11.5 Å². The third-order valence-electron chi connectivity index (χ3n) is 6.58. The largest absolute Gasteiger partial charge is 0.507 e. The van der Waals surface area contributed by atoms with Gasteiger partial charge in [0.05, 0.1) is 6.61 Å². The summed E-state index contributed by atoms with van der Waals surface area (Å²) >= 11 is 0. The molecule has 0 spiro atoms. The maximum absolute atomic E-state index is 11.1. The van der Waals surface area contributed by atoms with Crippen molar-refractivity contribution >= 4 is 5.97 Å². The normalized spacial score (nSPS) is 17.5. The van der Waals surface area contributed by atoms with Gasteiger partial charge in [-0.25, -0.2) is 4.79 Å². The Bertz CT molecular complexity index is 1150. The smallest absolute Gasteiger partial charge is 0.339 e. The average molecular weight is 483 g/mol. The lowest BCUT2D eigenvalue weighted by Crippen LogP contribution is -2.34. The maximum atomic E-state index is 11.1.